The van der Waals surface area contributed by atoms with Crippen LogP contribution >= 0.6 is 0 Å². The van der Waals surface area contributed by atoms with Gasteiger partial charge in [-0.3, -0.25) is 4.79 Å². The number of imidazole rings is 1. The number of rotatable bonds is 3. The monoisotopic (exact) mass is 247 g/mol. The lowest BCUT2D eigenvalue weighted by Crippen LogP contribution is -2.19. The molecule has 18 heavy (non-hydrogen) atoms. The average molecular weight is 247 g/mol. The summed E-state index contributed by atoms with van der Waals surface area (Å²) >= 11 is 0. The van der Waals surface area contributed by atoms with Crippen LogP contribution in [0.5, 0.6) is 0 Å². The minimum absolute atomic E-state index is 0.220. The van der Waals surface area contributed by atoms with Crippen molar-refractivity contribution in [1.29, 1.82) is 0 Å². The molecule has 0 fully saturated rings. The summed E-state index contributed by atoms with van der Waals surface area (Å²) in [6, 6.07) is 1.33. The van der Waals surface area contributed by atoms with E-state index in [9.17, 15) is 9.59 Å². The molecule has 94 valence electrons. The molecule has 0 unspecified atom stereocenters. The van der Waals surface area contributed by atoms with Crippen LogP contribution in [0.25, 0.3) is 0 Å². The number of hydrogen-bond donors (Lipinski definition) is 1. The zero-order valence-corrected chi connectivity index (χ0v) is 10.1. The summed E-state index contributed by atoms with van der Waals surface area (Å²) in [6.45, 7) is 2.24. The number of nitrogens with zero attached hydrogens (tertiary/aromatic N) is 3. The number of carboxylic acids is 1. The highest BCUT2D eigenvalue weighted by Crippen LogP contribution is 2.05. The molecule has 0 saturated carbocycles. The normalized spacial score (nSPS) is 10.6. The summed E-state index contributed by atoms with van der Waals surface area (Å²) in [5.41, 5.74) is 0.952. The van der Waals surface area contributed by atoms with Gasteiger partial charge in [-0.2, -0.15) is 0 Å². The standard InChI is InChI=1S/C12H13N3O3/c1-8-3-11(16)10(12(17)18)6-15(8)5-9-4-13-7-14(9)2/h3-4,6-7H,5H2,1-2H3,(H,17,18). The molecular formula is C12H13N3O3. The molecule has 0 aromatic carbocycles. The molecule has 0 atom stereocenters. The van der Waals surface area contributed by atoms with Crippen molar-refractivity contribution in [2.24, 2.45) is 7.05 Å². The molecule has 0 spiro atoms. The third kappa shape index (κ3) is 2.17. The van der Waals surface area contributed by atoms with Crippen LogP contribution in [0, 0.1) is 6.92 Å². The Labute approximate surface area is 103 Å². The highest BCUT2D eigenvalue weighted by molar-refractivity contribution is 5.87. The molecule has 0 aliphatic heterocycles. The van der Waals surface area contributed by atoms with Crippen molar-refractivity contribution in [3.8, 4) is 0 Å². The van der Waals surface area contributed by atoms with Crippen LogP contribution in [0.2, 0.25) is 0 Å². The summed E-state index contributed by atoms with van der Waals surface area (Å²) in [6.07, 6.45) is 4.75. The molecule has 2 rings (SSSR count). The van der Waals surface area contributed by atoms with Gasteiger partial charge in [0.05, 0.1) is 18.6 Å². The van der Waals surface area contributed by atoms with Gasteiger partial charge in [0, 0.05) is 31.2 Å². The SMILES string of the molecule is Cc1cc(=O)c(C(=O)O)cn1Cc1cncn1C. The summed E-state index contributed by atoms with van der Waals surface area (Å²) in [5, 5.41) is 8.93. The van der Waals surface area contributed by atoms with Gasteiger partial charge in [0.2, 0.25) is 0 Å². The zero-order valence-electron chi connectivity index (χ0n) is 10.1. The van der Waals surface area contributed by atoms with E-state index in [1.165, 1.54) is 12.3 Å². The molecule has 2 aromatic heterocycles. The van der Waals surface area contributed by atoms with E-state index in [2.05, 4.69) is 4.98 Å². The minimum atomic E-state index is -1.21. The van der Waals surface area contributed by atoms with Crippen LogP contribution in [-0.2, 0) is 13.6 Å². The first-order chi connectivity index (χ1) is 8.49. The Kier molecular flexibility index (Phi) is 3.01. The number of carboxylic acid groups (broad SMARTS) is 1. The summed E-state index contributed by atoms with van der Waals surface area (Å²) in [5.74, 6) is -1.21. The van der Waals surface area contributed by atoms with Gasteiger partial charge in [0.15, 0.2) is 5.43 Å². The third-order valence-electron chi connectivity index (χ3n) is 2.82. The van der Waals surface area contributed by atoms with Crippen molar-refractivity contribution in [3.63, 3.8) is 0 Å². The molecule has 6 heteroatoms. The molecule has 0 aliphatic rings. The third-order valence-corrected chi connectivity index (χ3v) is 2.82. The van der Waals surface area contributed by atoms with Crippen LogP contribution in [0.1, 0.15) is 21.7 Å². The minimum Gasteiger partial charge on any atom is -0.477 e. The molecule has 0 saturated heterocycles. The maximum absolute atomic E-state index is 11.5. The second-order valence-electron chi connectivity index (χ2n) is 4.12. The second kappa shape index (κ2) is 4.48. The van der Waals surface area contributed by atoms with Gasteiger partial charge in [0.1, 0.15) is 5.56 Å². The van der Waals surface area contributed by atoms with Crippen molar-refractivity contribution in [3.05, 3.63) is 52.0 Å². The van der Waals surface area contributed by atoms with Crippen LogP contribution in [-0.4, -0.2) is 25.2 Å². The van der Waals surface area contributed by atoms with Crippen LogP contribution in [0.4, 0.5) is 0 Å². The van der Waals surface area contributed by atoms with E-state index < -0.39 is 11.4 Å². The van der Waals surface area contributed by atoms with Gasteiger partial charge in [-0.1, -0.05) is 0 Å². The van der Waals surface area contributed by atoms with Gasteiger partial charge in [-0.25, -0.2) is 9.78 Å². The maximum Gasteiger partial charge on any atom is 0.341 e. The van der Waals surface area contributed by atoms with E-state index in [1.54, 1.807) is 24.0 Å². The highest BCUT2D eigenvalue weighted by atomic mass is 16.4. The van der Waals surface area contributed by atoms with E-state index in [1.807, 2.05) is 11.6 Å². The largest absolute Gasteiger partial charge is 0.477 e. The topological polar surface area (TPSA) is 77.1 Å². The zero-order chi connectivity index (χ0) is 13.3. The Balaban J connectivity index is 2.45. The molecule has 0 aliphatic carbocycles. The van der Waals surface area contributed by atoms with Crippen LogP contribution < -0.4 is 5.43 Å². The number of carbonyl (C=O) groups is 1. The number of aromatic carboxylic acids is 1. The summed E-state index contributed by atoms with van der Waals surface area (Å²) < 4.78 is 3.57. The highest BCUT2D eigenvalue weighted by Gasteiger charge is 2.11. The molecule has 2 aromatic rings. The van der Waals surface area contributed by atoms with Crippen molar-refractivity contribution in [1.82, 2.24) is 14.1 Å². The quantitative estimate of drug-likeness (QED) is 0.863. The Morgan fingerprint density at radius 3 is 2.78 bits per heavy atom. The number of aromatic nitrogens is 3. The maximum atomic E-state index is 11.5. The van der Waals surface area contributed by atoms with Crippen molar-refractivity contribution in [2.75, 3.05) is 0 Å². The predicted octanol–water partition coefficient (Wildman–Crippen LogP) is 0.637. The molecule has 1 N–H and O–H groups in total. The first-order valence-corrected chi connectivity index (χ1v) is 5.38. The van der Waals surface area contributed by atoms with E-state index in [0.29, 0.717) is 12.2 Å². The first kappa shape index (κ1) is 12.1. The molecule has 6 nitrogen and oxygen atoms in total. The fourth-order valence-corrected chi connectivity index (χ4v) is 1.71. The first-order valence-electron chi connectivity index (χ1n) is 5.38. The van der Waals surface area contributed by atoms with Crippen LogP contribution in [0.15, 0.2) is 29.6 Å². The van der Waals surface area contributed by atoms with Gasteiger partial charge >= 0.3 is 5.97 Å². The number of pyridine rings is 1. The van der Waals surface area contributed by atoms with E-state index >= 15 is 0 Å². The van der Waals surface area contributed by atoms with Crippen molar-refractivity contribution in [2.45, 2.75) is 13.5 Å². The summed E-state index contributed by atoms with van der Waals surface area (Å²) in [4.78, 5) is 26.4. The number of hydrogen-bond acceptors (Lipinski definition) is 3. The Bertz CT molecular complexity index is 655. The van der Waals surface area contributed by atoms with Gasteiger partial charge in [0.25, 0.3) is 0 Å². The smallest absolute Gasteiger partial charge is 0.341 e. The Morgan fingerprint density at radius 1 is 1.50 bits per heavy atom. The Hall–Kier alpha value is -2.37. The second-order valence-corrected chi connectivity index (χ2v) is 4.12. The molecule has 0 bridgehead atoms. The van der Waals surface area contributed by atoms with Crippen molar-refractivity contribution < 1.29 is 9.90 Å². The lowest BCUT2D eigenvalue weighted by Gasteiger charge is -2.11. The lowest BCUT2D eigenvalue weighted by atomic mass is 10.2. The summed E-state index contributed by atoms with van der Waals surface area (Å²) in [7, 11) is 1.86. The molecular weight excluding hydrogens is 234 g/mol. The van der Waals surface area contributed by atoms with Gasteiger partial charge in [-0.05, 0) is 6.92 Å². The van der Waals surface area contributed by atoms with E-state index in [4.69, 9.17) is 5.11 Å². The van der Waals surface area contributed by atoms with Crippen molar-refractivity contribution >= 4 is 5.97 Å². The lowest BCUT2D eigenvalue weighted by molar-refractivity contribution is 0.0694. The number of aryl methyl sites for hydroxylation is 2. The van der Waals surface area contributed by atoms with E-state index in [-0.39, 0.29) is 5.56 Å². The predicted molar refractivity (Wildman–Crippen MR) is 64.7 cm³/mol. The van der Waals surface area contributed by atoms with Gasteiger partial charge < -0.3 is 14.2 Å². The fraction of sp³-hybridized carbons (Fsp3) is 0.250. The fourth-order valence-electron chi connectivity index (χ4n) is 1.71. The van der Waals surface area contributed by atoms with E-state index in [0.717, 1.165) is 5.69 Å². The molecule has 0 radical (unpaired) electrons. The average Bonchev–Trinajstić information content (AvgIpc) is 2.67. The van der Waals surface area contributed by atoms with Crippen LogP contribution in [0.3, 0.4) is 0 Å². The molecule has 2 heterocycles. The molecule has 0 amide bonds. The Morgan fingerprint density at radius 2 is 2.22 bits per heavy atom. The van der Waals surface area contributed by atoms with Gasteiger partial charge in [-0.15, -0.1) is 0 Å².